The molecule has 1 N–H and O–H groups in total. The van der Waals surface area contributed by atoms with Crippen LogP contribution in [-0.4, -0.2) is 43.2 Å². The summed E-state index contributed by atoms with van der Waals surface area (Å²) >= 11 is 1.69. The van der Waals surface area contributed by atoms with Gasteiger partial charge in [0.2, 0.25) is 0 Å². The van der Waals surface area contributed by atoms with Crippen LogP contribution < -0.4 is 10.1 Å². The number of nitrogens with one attached hydrogen (secondary N) is 1. The highest BCUT2D eigenvalue weighted by molar-refractivity contribution is 7.22. The predicted molar refractivity (Wildman–Crippen MR) is 82.4 cm³/mol. The van der Waals surface area contributed by atoms with E-state index in [-0.39, 0.29) is 0 Å². The molecule has 2 rings (SSSR count). The van der Waals surface area contributed by atoms with Gasteiger partial charge in [-0.15, -0.1) is 0 Å². The number of methoxy groups -OCH3 is 1. The maximum Gasteiger partial charge on any atom is 0.183 e. The molecule has 1 aromatic heterocycles. The first-order valence-corrected chi connectivity index (χ1v) is 7.49. The summed E-state index contributed by atoms with van der Waals surface area (Å²) in [4.78, 5) is 6.97. The largest absolute Gasteiger partial charge is 0.497 e. The Morgan fingerprint density at radius 3 is 2.79 bits per heavy atom. The summed E-state index contributed by atoms with van der Waals surface area (Å²) in [6.45, 7) is 8.54. The van der Waals surface area contributed by atoms with Crippen molar-refractivity contribution in [1.82, 2.24) is 9.88 Å². The van der Waals surface area contributed by atoms with Crippen molar-refractivity contribution in [3.05, 3.63) is 18.2 Å². The van der Waals surface area contributed by atoms with E-state index >= 15 is 0 Å². The Morgan fingerprint density at radius 1 is 1.32 bits per heavy atom. The summed E-state index contributed by atoms with van der Waals surface area (Å²) in [7, 11) is 1.68. The fraction of sp³-hybridized carbons (Fsp3) is 0.500. The minimum absolute atomic E-state index is 0.854. The van der Waals surface area contributed by atoms with E-state index < -0.39 is 0 Å². The van der Waals surface area contributed by atoms with Crippen molar-refractivity contribution in [2.75, 3.05) is 38.6 Å². The van der Waals surface area contributed by atoms with Gasteiger partial charge in [-0.25, -0.2) is 4.98 Å². The Bertz CT molecular complexity index is 522. The molecule has 1 aromatic carbocycles. The van der Waals surface area contributed by atoms with Crippen molar-refractivity contribution < 1.29 is 4.74 Å². The van der Waals surface area contributed by atoms with Crippen LogP contribution in [0.5, 0.6) is 5.75 Å². The molecule has 104 valence electrons. The molecular weight excluding hydrogens is 258 g/mol. The van der Waals surface area contributed by atoms with Crippen LogP contribution in [0.1, 0.15) is 13.8 Å². The molecule has 0 radical (unpaired) electrons. The Balaban J connectivity index is 1.97. The minimum Gasteiger partial charge on any atom is -0.497 e. The maximum absolute atomic E-state index is 5.21. The number of hydrogen-bond donors (Lipinski definition) is 1. The van der Waals surface area contributed by atoms with E-state index in [0.717, 1.165) is 42.6 Å². The molecule has 0 saturated heterocycles. The Hall–Kier alpha value is -1.33. The molecule has 4 nitrogen and oxygen atoms in total. The number of anilines is 1. The molecule has 0 aliphatic heterocycles. The molecule has 0 bridgehead atoms. The molecule has 19 heavy (non-hydrogen) atoms. The van der Waals surface area contributed by atoms with Crippen molar-refractivity contribution in [1.29, 1.82) is 0 Å². The lowest BCUT2D eigenvalue weighted by atomic mass is 10.3. The van der Waals surface area contributed by atoms with Gasteiger partial charge in [0, 0.05) is 19.2 Å². The lowest BCUT2D eigenvalue weighted by Gasteiger charge is -2.17. The number of aromatic nitrogens is 1. The van der Waals surface area contributed by atoms with Gasteiger partial charge in [-0.3, -0.25) is 0 Å². The van der Waals surface area contributed by atoms with Crippen molar-refractivity contribution >= 4 is 26.7 Å². The third-order valence-electron chi connectivity index (χ3n) is 3.19. The quantitative estimate of drug-likeness (QED) is 0.845. The highest BCUT2D eigenvalue weighted by atomic mass is 32.1. The van der Waals surface area contributed by atoms with Gasteiger partial charge in [0.05, 0.1) is 17.3 Å². The molecule has 0 fully saturated rings. The topological polar surface area (TPSA) is 37.4 Å². The monoisotopic (exact) mass is 279 g/mol. The lowest BCUT2D eigenvalue weighted by Crippen LogP contribution is -2.28. The summed E-state index contributed by atoms with van der Waals surface area (Å²) < 4.78 is 6.40. The molecule has 0 atom stereocenters. The Labute approximate surface area is 118 Å². The molecule has 0 aliphatic rings. The third kappa shape index (κ3) is 3.58. The standard InChI is InChI=1S/C14H21N3OS/c1-4-17(5-2)9-8-15-14-16-12-10-11(18-3)6-7-13(12)19-14/h6-7,10H,4-5,8-9H2,1-3H3,(H,15,16). The Morgan fingerprint density at radius 2 is 2.11 bits per heavy atom. The molecule has 0 unspecified atom stereocenters. The van der Waals surface area contributed by atoms with Crippen LogP contribution in [0.15, 0.2) is 18.2 Å². The number of likely N-dealkylation sites (N-methyl/N-ethyl adjacent to an activating group) is 1. The average Bonchev–Trinajstić information content (AvgIpc) is 2.85. The molecule has 5 heteroatoms. The number of ether oxygens (including phenoxy) is 1. The van der Waals surface area contributed by atoms with Gasteiger partial charge in [-0.2, -0.15) is 0 Å². The van der Waals surface area contributed by atoms with Crippen LogP contribution in [0.25, 0.3) is 10.2 Å². The average molecular weight is 279 g/mol. The van der Waals surface area contributed by atoms with Gasteiger partial charge in [0.15, 0.2) is 5.13 Å². The second-order valence-corrected chi connectivity index (χ2v) is 5.34. The van der Waals surface area contributed by atoms with E-state index in [1.807, 2.05) is 12.1 Å². The van der Waals surface area contributed by atoms with Crippen LogP contribution in [0.4, 0.5) is 5.13 Å². The smallest absolute Gasteiger partial charge is 0.183 e. The van der Waals surface area contributed by atoms with Crippen molar-refractivity contribution in [3.8, 4) is 5.75 Å². The fourth-order valence-corrected chi connectivity index (χ4v) is 2.84. The van der Waals surface area contributed by atoms with Crippen LogP contribution in [-0.2, 0) is 0 Å². The summed E-state index contributed by atoms with van der Waals surface area (Å²) in [5, 5.41) is 4.38. The second-order valence-electron chi connectivity index (χ2n) is 4.31. The maximum atomic E-state index is 5.21. The van der Waals surface area contributed by atoms with Crippen molar-refractivity contribution in [2.45, 2.75) is 13.8 Å². The van der Waals surface area contributed by atoms with E-state index in [2.05, 4.69) is 35.1 Å². The zero-order valence-electron chi connectivity index (χ0n) is 11.8. The number of fused-ring (bicyclic) bond motifs is 1. The summed E-state index contributed by atoms with van der Waals surface area (Å²) in [6.07, 6.45) is 0. The molecule has 0 amide bonds. The normalized spacial score (nSPS) is 11.2. The van der Waals surface area contributed by atoms with Crippen LogP contribution in [0.3, 0.4) is 0 Å². The SMILES string of the molecule is CCN(CC)CCNc1nc2cc(OC)ccc2s1. The van der Waals surface area contributed by atoms with E-state index in [1.54, 1.807) is 18.4 Å². The number of nitrogens with zero attached hydrogens (tertiary/aromatic N) is 2. The summed E-state index contributed by atoms with van der Waals surface area (Å²) in [6, 6.07) is 6.00. The van der Waals surface area contributed by atoms with Crippen LogP contribution in [0, 0.1) is 0 Å². The van der Waals surface area contributed by atoms with Crippen LogP contribution in [0.2, 0.25) is 0 Å². The highest BCUT2D eigenvalue weighted by Gasteiger charge is 2.05. The van der Waals surface area contributed by atoms with Gasteiger partial charge in [0.25, 0.3) is 0 Å². The molecular formula is C14H21N3OS. The first-order valence-electron chi connectivity index (χ1n) is 6.67. The number of rotatable bonds is 7. The fourth-order valence-electron chi connectivity index (χ4n) is 1.97. The second kappa shape index (κ2) is 6.73. The van der Waals surface area contributed by atoms with Crippen molar-refractivity contribution in [3.63, 3.8) is 0 Å². The van der Waals surface area contributed by atoms with Gasteiger partial charge in [-0.05, 0) is 25.2 Å². The minimum atomic E-state index is 0.854. The van der Waals surface area contributed by atoms with E-state index in [1.165, 1.54) is 4.70 Å². The van der Waals surface area contributed by atoms with Gasteiger partial charge in [0.1, 0.15) is 5.75 Å². The zero-order valence-corrected chi connectivity index (χ0v) is 12.6. The van der Waals surface area contributed by atoms with Gasteiger partial charge >= 0.3 is 0 Å². The van der Waals surface area contributed by atoms with E-state index in [9.17, 15) is 0 Å². The predicted octanol–water partition coefficient (Wildman–Crippen LogP) is 3.06. The lowest BCUT2D eigenvalue weighted by molar-refractivity contribution is 0.316. The number of benzene rings is 1. The van der Waals surface area contributed by atoms with Crippen molar-refractivity contribution in [2.24, 2.45) is 0 Å². The molecule has 0 saturated carbocycles. The molecule has 2 aromatic rings. The van der Waals surface area contributed by atoms with Gasteiger partial charge in [-0.1, -0.05) is 25.2 Å². The van der Waals surface area contributed by atoms with E-state index in [0.29, 0.717) is 0 Å². The first kappa shape index (κ1) is 14.1. The highest BCUT2D eigenvalue weighted by Crippen LogP contribution is 2.28. The molecule has 0 spiro atoms. The summed E-state index contributed by atoms with van der Waals surface area (Å²) in [5.41, 5.74) is 0.995. The number of thiazole rings is 1. The van der Waals surface area contributed by atoms with E-state index in [4.69, 9.17) is 4.74 Å². The number of hydrogen-bond acceptors (Lipinski definition) is 5. The van der Waals surface area contributed by atoms with Gasteiger partial charge < -0.3 is 15.0 Å². The Kier molecular flexibility index (Phi) is 4.99. The zero-order chi connectivity index (χ0) is 13.7. The molecule has 0 aliphatic carbocycles. The summed E-state index contributed by atoms with van der Waals surface area (Å²) in [5.74, 6) is 0.854. The van der Waals surface area contributed by atoms with Crippen LogP contribution >= 0.6 is 11.3 Å². The molecule has 1 heterocycles. The first-order chi connectivity index (χ1) is 9.26. The third-order valence-corrected chi connectivity index (χ3v) is 4.19.